The van der Waals surface area contributed by atoms with Crippen LogP contribution in [0.5, 0.6) is 0 Å². The maximum Gasteiger partial charge on any atom is 0.341 e. The number of hydrogen-bond acceptors (Lipinski definition) is 6. The smallest absolute Gasteiger partial charge is 0.341 e. The topological polar surface area (TPSA) is 87.0 Å². The third-order valence-electron chi connectivity index (χ3n) is 4.76. The molecular formula is C20H18N4O3. The summed E-state index contributed by atoms with van der Waals surface area (Å²) in [7, 11) is 0. The van der Waals surface area contributed by atoms with Crippen LogP contribution in [0.1, 0.15) is 45.2 Å². The molecule has 0 spiro atoms. The van der Waals surface area contributed by atoms with E-state index in [0.29, 0.717) is 16.8 Å². The minimum absolute atomic E-state index is 0.210. The number of aromatic nitrogens is 4. The molecule has 0 N–H and O–H groups in total. The van der Waals surface area contributed by atoms with Crippen LogP contribution >= 0.6 is 0 Å². The van der Waals surface area contributed by atoms with Crippen LogP contribution in [0.3, 0.4) is 0 Å². The molecule has 1 aliphatic carbocycles. The molecule has 0 amide bonds. The van der Waals surface area contributed by atoms with Crippen LogP contribution < -0.4 is 0 Å². The molecule has 7 nitrogen and oxygen atoms in total. The summed E-state index contributed by atoms with van der Waals surface area (Å²) >= 11 is 0. The highest BCUT2D eigenvalue weighted by Gasteiger charge is 2.23. The zero-order chi connectivity index (χ0) is 18.8. The van der Waals surface area contributed by atoms with Crippen LogP contribution in [0.4, 0.5) is 0 Å². The van der Waals surface area contributed by atoms with Crippen molar-refractivity contribution in [2.75, 3.05) is 0 Å². The summed E-state index contributed by atoms with van der Waals surface area (Å²) in [4.78, 5) is 25.3. The third-order valence-corrected chi connectivity index (χ3v) is 4.76. The van der Waals surface area contributed by atoms with Crippen LogP contribution in [0, 0.1) is 0 Å². The van der Waals surface area contributed by atoms with Gasteiger partial charge in [0.05, 0.1) is 11.3 Å². The SMILES string of the molecule is C[C@H](OC(=O)c1ccccc1-n1cnnn1)C(=O)c1ccc2c(c1)CCC2. The van der Waals surface area contributed by atoms with Gasteiger partial charge in [0.1, 0.15) is 6.33 Å². The van der Waals surface area contributed by atoms with Gasteiger partial charge in [-0.25, -0.2) is 4.79 Å². The Kier molecular flexibility index (Phi) is 4.50. The Morgan fingerprint density at radius 1 is 1.11 bits per heavy atom. The highest BCUT2D eigenvalue weighted by molar-refractivity contribution is 6.02. The molecule has 1 aromatic heterocycles. The normalized spacial score (nSPS) is 13.8. The van der Waals surface area contributed by atoms with Gasteiger partial charge in [-0.15, -0.1) is 5.10 Å². The molecule has 2 aromatic carbocycles. The molecule has 0 unspecified atom stereocenters. The fourth-order valence-electron chi connectivity index (χ4n) is 3.36. The Labute approximate surface area is 156 Å². The summed E-state index contributed by atoms with van der Waals surface area (Å²) in [5, 5.41) is 11.0. The number of carbonyl (C=O) groups is 2. The van der Waals surface area contributed by atoms with Gasteiger partial charge in [0.15, 0.2) is 6.10 Å². The Hall–Kier alpha value is -3.35. The van der Waals surface area contributed by atoms with Gasteiger partial charge < -0.3 is 4.74 Å². The van der Waals surface area contributed by atoms with E-state index < -0.39 is 12.1 Å². The predicted octanol–water partition coefficient (Wildman–Crippen LogP) is 2.58. The molecule has 0 radical (unpaired) electrons. The van der Waals surface area contributed by atoms with Gasteiger partial charge in [-0.3, -0.25) is 4.79 Å². The fraction of sp³-hybridized carbons (Fsp3) is 0.250. The van der Waals surface area contributed by atoms with Crippen molar-refractivity contribution in [1.82, 2.24) is 20.2 Å². The number of carbonyl (C=O) groups excluding carboxylic acids is 2. The van der Waals surface area contributed by atoms with Crippen molar-refractivity contribution in [3.05, 3.63) is 71.0 Å². The number of rotatable bonds is 5. The summed E-state index contributed by atoms with van der Waals surface area (Å²) < 4.78 is 6.82. The molecule has 0 fully saturated rings. The number of aryl methyl sites for hydroxylation is 2. The van der Waals surface area contributed by atoms with Gasteiger partial charge in [0, 0.05) is 5.56 Å². The monoisotopic (exact) mass is 362 g/mol. The number of para-hydroxylation sites is 1. The first-order valence-electron chi connectivity index (χ1n) is 8.83. The van der Waals surface area contributed by atoms with Gasteiger partial charge >= 0.3 is 5.97 Å². The van der Waals surface area contributed by atoms with Crippen molar-refractivity contribution in [1.29, 1.82) is 0 Å². The van der Waals surface area contributed by atoms with E-state index in [1.165, 1.54) is 22.1 Å². The number of nitrogens with zero attached hydrogens (tertiary/aromatic N) is 4. The average molecular weight is 362 g/mol. The molecule has 0 aliphatic heterocycles. The standard InChI is InChI=1S/C20H18N4O3/c1-13(19(25)16-10-9-14-5-4-6-15(14)11-16)27-20(26)17-7-2-3-8-18(17)24-12-21-22-23-24/h2-3,7-13H,4-6H2,1H3/t13-/m0/s1. The van der Waals surface area contributed by atoms with Crippen molar-refractivity contribution in [2.45, 2.75) is 32.3 Å². The molecule has 27 heavy (non-hydrogen) atoms. The lowest BCUT2D eigenvalue weighted by atomic mass is 10.0. The minimum Gasteiger partial charge on any atom is -0.451 e. The van der Waals surface area contributed by atoms with Gasteiger partial charge in [-0.05, 0) is 65.9 Å². The van der Waals surface area contributed by atoms with Crippen molar-refractivity contribution < 1.29 is 14.3 Å². The van der Waals surface area contributed by atoms with Crippen LogP contribution in [-0.4, -0.2) is 38.1 Å². The third kappa shape index (κ3) is 3.36. The Morgan fingerprint density at radius 2 is 1.93 bits per heavy atom. The molecule has 7 heteroatoms. The van der Waals surface area contributed by atoms with Gasteiger partial charge in [0.25, 0.3) is 0 Å². The Morgan fingerprint density at radius 3 is 2.74 bits per heavy atom. The fourth-order valence-corrected chi connectivity index (χ4v) is 3.36. The second kappa shape index (κ2) is 7.11. The van der Waals surface area contributed by atoms with Gasteiger partial charge in [-0.2, -0.15) is 4.68 Å². The number of benzene rings is 2. The zero-order valence-corrected chi connectivity index (χ0v) is 14.8. The van der Waals surface area contributed by atoms with Crippen molar-refractivity contribution >= 4 is 11.8 Å². The van der Waals surface area contributed by atoms with Gasteiger partial charge in [0.2, 0.25) is 5.78 Å². The lowest BCUT2D eigenvalue weighted by molar-refractivity contribution is 0.0318. The maximum atomic E-state index is 12.7. The molecule has 1 heterocycles. The van der Waals surface area contributed by atoms with E-state index >= 15 is 0 Å². The largest absolute Gasteiger partial charge is 0.451 e. The summed E-state index contributed by atoms with van der Waals surface area (Å²) in [6.07, 6.45) is 3.67. The predicted molar refractivity (Wildman–Crippen MR) is 96.8 cm³/mol. The van der Waals surface area contributed by atoms with Crippen molar-refractivity contribution in [3.63, 3.8) is 0 Å². The number of fused-ring (bicyclic) bond motifs is 1. The Bertz CT molecular complexity index is 998. The van der Waals surface area contributed by atoms with Crippen molar-refractivity contribution in [2.24, 2.45) is 0 Å². The highest BCUT2D eigenvalue weighted by atomic mass is 16.5. The molecule has 4 rings (SSSR count). The summed E-state index contributed by atoms with van der Waals surface area (Å²) in [6, 6.07) is 12.5. The first kappa shape index (κ1) is 17.1. The summed E-state index contributed by atoms with van der Waals surface area (Å²) in [6.45, 7) is 1.59. The quantitative estimate of drug-likeness (QED) is 0.512. The van der Waals surface area contributed by atoms with Crippen LogP contribution in [0.25, 0.3) is 5.69 Å². The second-order valence-electron chi connectivity index (χ2n) is 6.52. The van der Waals surface area contributed by atoms with Gasteiger partial charge in [-0.1, -0.05) is 24.3 Å². The number of esters is 1. The van der Waals surface area contributed by atoms with E-state index in [4.69, 9.17) is 4.74 Å². The first-order valence-corrected chi connectivity index (χ1v) is 8.83. The lowest BCUT2D eigenvalue weighted by Crippen LogP contribution is -2.25. The molecule has 0 saturated carbocycles. The highest BCUT2D eigenvalue weighted by Crippen LogP contribution is 2.24. The molecular weight excluding hydrogens is 344 g/mol. The molecule has 1 aliphatic rings. The number of hydrogen-bond donors (Lipinski definition) is 0. The maximum absolute atomic E-state index is 12.7. The van der Waals surface area contributed by atoms with E-state index in [1.54, 1.807) is 31.2 Å². The molecule has 0 saturated heterocycles. The second-order valence-corrected chi connectivity index (χ2v) is 6.52. The Balaban J connectivity index is 1.52. The van der Waals surface area contributed by atoms with Crippen LogP contribution in [0.15, 0.2) is 48.8 Å². The van der Waals surface area contributed by atoms with E-state index in [0.717, 1.165) is 19.3 Å². The van der Waals surface area contributed by atoms with Crippen molar-refractivity contribution in [3.8, 4) is 5.69 Å². The number of Topliss-reactive ketones (excluding diaryl/α,β-unsaturated/α-hetero) is 1. The average Bonchev–Trinajstić information content (AvgIpc) is 3.38. The summed E-state index contributed by atoms with van der Waals surface area (Å²) in [5.74, 6) is -0.805. The first-order chi connectivity index (χ1) is 13.1. The van der Waals surface area contributed by atoms with Crippen LogP contribution in [0.2, 0.25) is 0 Å². The number of tetrazole rings is 1. The molecule has 1 atom stereocenters. The van der Waals surface area contributed by atoms with E-state index in [1.807, 2.05) is 18.2 Å². The summed E-state index contributed by atoms with van der Waals surface area (Å²) in [5.41, 5.74) is 3.86. The molecule has 3 aromatic rings. The number of ketones is 1. The van der Waals surface area contributed by atoms with E-state index in [9.17, 15) is 9.59 Å². The molecule has 136 valence electrons. The van der Waals surface area contributed by atoms with Crippen LogP contribution in [-0.2, 0) is 17.6 Å². The minimum atomic E-state index is -0.890. The zero-order valence-electron chi connectivity index (χ0n) is 14.8. The lowest BCUT2D eigenvalue weighted by Gasteiger charge is -2.14. The number of ether oxygens (including phenoxy) is 1. The van der Waals surface area contributed by atoms with E-state index in [-0.39, 0.29) is 5.78 Å². The van der Waals surface area contributed by atoms with E-state index in [2.05, 4.69) is 15.5 Å². The molecule has 0 bridgehead atoms.